The van der Waals surface area contributed by atoms with E-state index in [0.29, 0.717) is 12.1 Å². The van der Waals surface area contributed by atoms with Gasteiger partial charge < -0.3 is 9.47 Å². The fourth-order valence-corrected chi connectivity index (χ4v) is 7.76. The summed E-state index contributed by atoms with van der Waals surface area (Å²) < 4.78 is 13.9. The summed E-state index contributed by atoms with van der Waals surface area (Å²) in [5.41, 5.74) is 2.18. The van der Waals surface area contributed by atoms with Crippen LogP contribution in [0.1, 0.15) is 33.6 Å². The van der Waals surface area contributed by atoms with Crippen molar-refractivity contribution in [3.8, 4) is 0 Å². The van der Waals surface area contributed by atoms with Crippen LogP contribution < -0.4 is 0 Å². The summed E-state index contributed by atoms with van der Waals surface area (Å²) in [5.74, 6) is -0.705. The first-order valence-corrected chi connectivity index (χ1v) is 13.7. The molecule has 0 saturated carbocycles. The molecule has 2 bridgehead atoms. The summed E-state index contributed by atoms with van der Waals surface area (Å²) in [7, 11) is 0. The van der Waals surface area contributed by atoms with Crippen LogP contribution in [0.15, 0.2) is 115 Å². The summed E-state index contributed by atoms with van der Waals surface area (Å²) in [6, 6.07) is 35.8. The maximum absolute atomic E-state index is 14.6. The number of hydrogen-bond donors (Lipinski definition) is 0. The number of non-ortho nitro benzene ring substituents is 1. The predicted molar refractivity (Wildman–Crippen MR) is 146 cm³/mol. The lowest BCUT2D eigenvalue weighted by atomic mass is 9.71. The van der Waals surface area contributed by atoms with Crippen molar-refractivity contribution in [3.05, 3.63) is 148 Å². The second-order valence-corrected chi connectivity index (χ2v) is 11.2. The van der Waals surface area contributed by atoms with Crippen LogP contribution in [0.25, 0.3) is 0 Å². The molecule has 4 aromatic carbocycles. The number of hydrogen-bond acceptors (Lipinski definition) is 6. The van der Waals surface area contributed by atoms with Crippen molar-refractivity contribution < 1.29 is 19.2 Å². The number of carbonyl (C=O) groups excluding carboxylic acids is 1. The van der Waals surface area contributed by atoms with Gasteiger partial charge in [-0.2, -0.15) is 0 Å². The van der Waals surface area contributed by atoms with Crippen LogP contribution in [0.2, 0.25) is 0 Å². The van der Waals surface area contributed by atoms with Gasteiger partial charge in [0.05, 0.1) is 22.6 Å². The lowest BCUT2D eigenvalue weighted by molar-refractivity contribution is -0.384. The molecule has 4 aromatic rings. The number of ether oxygens (including phenoxy) is 2. The fourth-order valence-electron chi connectivity index (χ4n) is 6.06. The van der Waals surface area contributed by atoms with Crippen LogP contribution >= 0.6 is 11.8 Å². The normalized spacial score (nSPS) is 29.3. The Kier molecular flexibility index (Phi) is 5.59. The van der Waals surface area contributed by atoms with Gasteiger partial charge >= 0.3 is 5.24 Å². The Balaban J connectivity index is 1.45. The molecule has 4 aliphatic heterocycles. The number of benzene rings is 4. The number of thioether (sulfide) groups is 1. The standard InChI is InChI=1S/C31H24N2O5S/c34-29-27-28(22-12-6-2-7-13-22)39-31(32(29)20-26(37-31)21-10-4-1-5-11-21)38-30(27,23-14-8-3-9-15-23)24-16-18-25(19-17-24)33(35)36/h1-19,26-28H,20H2/t26-,27-,28-,30-,31-/m0/s1. The largest absolute Gasteiger partial charge is 0.314 e. The Morgan fingerprint density at radius 3 is 1.97 bits per heavy atom. The zero-order valence-electron chi connectivity index (χ0n) is 20.8. The van der Waals surface area contributed by atoms with Crippen LogP contribution in [-0.4, -0.2) is 27.5 Å². The van der Waals surface area contributed by atoms with E-state index in [0.717, 1.165) is 16.7 Å². The van der Waals surface area contributed by atoms with E-state index in [1.165, 1.54) is 23.9 Å². The monoisotopic (exact) mass is 536 g/mol. The molecule has 0 unspecified atom stereocenters. The molecule has 0 aromatic heterocycles. The number of nitro benzene ring substituents is 1. The Morgan fingerprint density at radius 1 is 0.795 bits per heavy atom. The number of rotatable bonds is 5. The molecule has 4 fully saturated rings. The Bertz CT molecular complexity index is 1540. The Hall–Kier alpha value is -3.98. The maximum Gasteiger partial charge on any atom is 0.309 e. The van der Waals surface area contributed by atoms with Crippen molar-refractivity contribution in [3.63, 3.8) is 0 Å². The highest BCUT2D eigenvalue weighted by Gasteiger charge is 2.72. The topological polar surface area (TPSA) is 81.9 Å². The van der Waals surface area contributed by atoms with Gasteiger partial charge in [-0.25, -0.2) is 0 Å². The average Bonchev–Trinajstić information content (AvgIpc) is 3.38. The highest BCUT2D eigenvalue weighted by atomic mass is 32.2. The van der Waals surface area contributed by atoms with E-state index in [1.54, 1.807) is 17.0 Å². The fraction of sp³-hybridized carbons (Fsp3) is 0.194. The molecule has 4 saturated heterocycles. The second kappa shape index (κ2) is 9.05. The Morgan fingerprint density at radius 2 is 1.36 bits per heavy atom. The zero-order valence-corrected chi connectivity index (χ0v) is 21.6. The molecule has 1 spiro atoms. The molecule has 0 aliphatic carbocycles. The van der Waals surface area contributed by atoms with E-state index >= 15 is 0 Å². The molecule has 8 heteroatoms. The van der Waals surface area contributed by atoms with E-state index < -0.39 is 21.7 Å². The first-order valence-electron chi connectivity index (χ1n) is 12.8. The first kappa shape index (κ1) is 24.1. The number of fused-ring (bicyclic) bond motifs is 2. The van der Waals surface area contributed by atoms with Crippen molar-refractivity contribution in [2.24, 2.45) is 5.92 Å². The molecule has 194 valence electrons. The highest BCUT2D eigenvalue weighted by molar-refractivity contribution is 8.00. The average molecular weight is 537 g/mol. The van der Waals surface area contributed by atoms with Gasteiger partial charge in [0.1, 0.15) is 11.7 Å². The molecular formula is C31H24N2O5S. The smallest absolute Gasteiger partial charge is 0.309 e. The van der Waals surface area contributed by atoms with Gasteiger partial charge in [0.2, 0.25) is 5.91 Å². The number of amides is 1. The van der Waals surface area contributed by atoms with Gasteiger partial charge in [0.25, 0.3) is 5.69 Å². The van der Waals surface area contributed by atoms with Gasteiger partial charge in [-0.3, -0.25) is 19.8 Å². The van der Waals surface area contributed by atoms with Crippen LogP contribution in [0.3, 0.4) is 0 Å². The lowest BCUT2D eigenvalue weighted by Crippen LogP contribution is -2.69. The van der Waals surface area contributed by atoms with Crippen LogP contribution in [0.5, 0.6) is 0 Å². The maximum atomic E-state index is 14.6. The third kappa shape index (κ3) is 3.63. The summed E-state index contributed by atoms with van der Waals surface area (Å²) >= 11 is 1.51. The number of nitrogens with zero attached hydrogens (tertiary/aromatic N) is 2. The van der Waals surface area contributed by atoms with Gasteiger partial charge in [-0.1, -0.05) is 103 Å². The molecule has 1 amide bonds. The second-order valence-electron chi connectivity index (χ2n) is 9.92. The quantitative estimate of drug-likeness (QED) is 0.224. The molecule has 0 radical (unpaired) electrons. The minimum Gasteiger partial charge on any atom is -0.314 e. The minimum absolute atomic E-state index is 0.0238. The molecule has 4 heterocycles. The zero-order chi connectivity index (χ0) is 26.6. The Labute approximate surface area is 229 Å². The van der Waals surface area contributed by atoms with Crippen LogP contribution in [0, 0.1) is 16.0 Å². The molecule has 5 atom stereocenters. The van der Waals surface area contributed by atoms with Gasteiger partial charge in [0, 0.05) is 12.1 Å². The van der Waals surface area contributed by atoms with Crippen LogP contribution in [-0.2, 0) is 19.9 Å². The molecule has 4 aliphatic rings. The minimum atomic E-state index is -1.38. The number of nitro groups is 1. The predicted octanol–water partition coefficient (Wildman–Crippen LogP) is 6.18. The first-order chi connectivity index (χ1) is 19.0. The van der Waals surface area contributed by atoms with E-state index in [1.807, 2.05) is 91.0 Å². The van der Waals surface area contributed by atoms with E-state index in [9.17, 15) is 14.9 Å². The van der Waals surface area contributed by atoms with Gasteiger partial charge in [-0.15, -0.1) is 0 Å². The summed E-state index contributed by atoms with van der Waals surface area (Å²) in [6.45, 7) is 0.374. The number of carbonyl (C=O) groups is 1. The SMILES string of the molecule is O=C1[C@@H]2[C@H](c3ccccc3)S[C@@]3(O[C@H](c4ccccc4)CN13)O[C@@]2(c1ccccc1)c1ccc([N+](=O)[O-])cc1. The van der Waals surface area contributed by atoms with Crippen molar-refractivity contribution in [2.75, 3.05) is 6.54 Å². The molecule has 39 heavy (non-hydrogen) atoms. The van der Waals surface area contributed by atoms with E-state index in [2.05, 4.69) is 0 Å². The van der Waals surface area contributed by atoms with Gasteiger partial charge in [-0.05, 0) is 34.4 Å². The van der Waals surface area contributed by atoms with E-state index in [-0.39, 0.29) is 22.9 Å². The summed E-state index contributed by atoms with van der Waals surface area (Å²) in [6.07, 6.45) is -0.360. The van der Waals surface area contributed by atoms with Gasteiger partial charge in [0.15, 0.2) is 0 Å². The van der Waals surface area contributed by atoms with Crippen molar-refractivity contribution in [2.45, 2.75) is 22.2 Å². The van der Waals surface area contributed by atoms with Crippen LogP contribution in [0.4, 0.5) is 5.69 Å². The molecule has 0 N–H and O–H groups in total. The molecule has 7 nitrogen and oxygen atoms in total. The summed E-state index contributed by atoms with van der Waals surface area (Å²) in [4.78, 5) is 27.4. The molecule has 8 rings (SSSR count). The van der Waals surface area contributed by atoms with Crippen molar-refractivity contribution in [1.29, 1.82) is 0 Å². The third-order valence-electron chi connectivity index (χ3n) is 7.82. The lowest BCUT2D eigenvalue weighted by Gasteiger charge is -2.60. The summed E-state index contributed by atoms with van der Waals surface area (Å²) in [5, 5.41) is 9.80. The van der Waals surface area contributed by atoms with Crippen molar-refractivity contribution >= 4 is 23.4 Å². The third-order valence-corrected chi connectivity index (χ3v) is 9.31. The molecular weight excluding hydrogens is 512 g/mol. The highest BCUT2D eigenvalue weighted by Crippen LogP contribution is 2.68. The van der Waals surface area contributed by atoms with Crippen molar-refractivity contribution in [1.82, 2.24) is 4.90 Å². The van der Waals surface area contributed by atoms with E-state index in [4.69, 9.17) is 9.47 Å².